The van der Waals surface area contributed by atoms with Gasteiger partial charge >= 0.3 is 0 Å². The molecule has 10 heteroatoms. The Labute approximate surface area is 207 Å². The number of aldehydes is 1. The van der Waals surface area contributed by atoms with Crippen LogP contribution in [0.1, 0.15) is 41.6 Å². The first-order chi connectivity index (χ1) is 15.1. The number of allylic oxidation sites excluding steroid dienone is 2. The molecule has 0 atom stereocenters. The molecule has 1 aromatic carbocycles. The first-order valence-corrected chi connectivity index (χ1v) is 11.4. The predicted molar refractivity (Wildman–Crippen MR) is 137 cm³/mol. The number of hydrogen-bond donors (Lipinski definition) is 2. The van der Waals surface area contributed by atoms with Crippen molar-refractivity contribution in [2.24, 2.45) is 0 Å². The zero-order valence-corrected chi connectivity index (χ0v) is 22.1. The van der Waals surface area contributed by atoms with Gasteiger partial charge in [-0.25, -0.2) is 4.68 Å². The molecule has 7 nitrogen and oxygen atoms in total. The normalized spacial score (nSPS) is 12.3. The molecule has 0 saturated carbocycles. The van der Waals surface area contributed by atoms with Crippen LogP contribution in [0.2, 0.25) is 10.0 Å². The summed E-state index contributed by atoms with van der Waals surface area (Å²) < 4.78 is 2.00. The van der Waals surface area contributed by atoms with Gasteiger partial charge in [-0.2, -0.15) is 5.10 Å². The van der Waals surface area contributed by atoms with E-state index in [0.717, 1.165) is 5.57 Å². The fraction of sp³-hybridized carbons (Fsp3) is 0.318. The molecule has 32 heavy (non-hydrogen) atoms. The van der Waals surface area contributed by atoms with Crippen molar-refractivity contribution in [1.29, 1.82) is 0 Å². The van der Waals surface area contributed by atoms with Gasteiger partial charge in [-0.3, -0.25) is 9.59 Å². The Bertz CT molecular complexity index is 1010. The second-order valence-corrected chi connectivity index (χ2v) is 8.50. The van der Waals surface area contributed by atoms with Crippen LogP contribution in [-0.2, 0) is 0 Å². The minimum Gasteiger partial charge on any atom is -0.366 e. The third-order valence-electron chi connectivity index (χ3n) is 3.70. The highest BCUT2D eigenvalue weighted by molar-refractivity contribution is 9.10. The van der Waals surface area contributed by atoms with Gasteiger partial charge in [-0.05, 0) is 61.7 Å². The van der Waals surface area contributed by atoms with Crippen molar-refractivity contribution in [1.82, 2.24) is 20.0 Å². The lowest BCUT2D eigenvalue weighted by Crippen LogP contribution is -2.26. The van der Waals surface area contributed by atoms with E-state index in [9.17, 15) is 9.59 Å². The van der Waals surface area contributed by atoms with Crippen molar-refractivity contribution in [3.8, 4) is 0 Å². The molecule has 0 bridgehead atoms. The highest BCUT2D eigenvalue weighted by Crippen LogP contribution is 2.30. The van der Waals surface area contributed by atoms with E-state index in [0.29, 0.717) is 28.3 Å². The van der Waals surface area contributed by atoms with Crippen molar-refractivity contribution in [2.75, 3.05) is 33.0 Å². The minimum absolute atomic E-state index is 0.173. The van der Waals surface area contributed by atoms with E-state index in [-0.39, 0.29) is 22.0 Å². The van der Waals surface area contributed by atoms with Gasteiger partial charge in [0.15, 0.2) is 6.29 Å². The van der Waals surface area contributed by atoms with Crippen molar-refractivity contribution in [2.45, 2.75) is 20.8 Å². The molecule has 0 saturated heterocycles. The summed E-state index contributed by atoms with van der Waals surface area (Å²) in [4.78, 5) is 26.1. The highest BCUT2D eigenvalue weighted by Gasteiger charge is 2.21. The van der Waals surface area contributed by atoms with E-state index >= 15 is 0 Å². The largest absolute Gasteiger partial charge is 0.366 e. The molecule has 2 N–H and O–H groups in total. The van der Waals surface area contributed by atoms with Crippen LogP contribution in [0, 0.1) is 0 Å². The highest BCUT2D eigenvalue weighted by atomic mass is 79.9. The lowest BCUT2D eigenvalue weighted by Gasteiger charge is -2.18. The zero-order valence-electron chi connectivity index (χ0n) is 19.0. The molecule has 1 aliphatic rings. The molecule has 3 rings (SSSR count). The molecule has 2 aromatic rings. The van der Waals surface area contributed by atoms with Gasteiger partial charge in [0.25, 0.3) is 5.91 Å². The van der Waals surface area contributed by atoms with Gasteiger partial charge < -0.3 is 15.5 Å². The molecule has 2 heterocycles. The number of amides is 1. The molecule has 0 unspecified atom stereocenters. The lowest BCUT2D eigenvalue weighted by molar-refractivity contribution is 0.101. The van der Waals surface area contributed by atoms with Crippen LogP contribution >= 0.6 is 39.1 Å². The van der Waals surface area contributed by atoms with Crippen LogP contribution in [0.25, 0.3) is 5.82 Å². The van der Waals surface area contributed by atoms with Crippen LogP contribution in [0.5, 0.6) is 0 Å². The Hall–Kier alpha value is -2.13. The van der Waals surface area contributed by atoms with Crippen molar-refractivity contribution < 1.29 is 9.59 Å². The number of aromatic nitrogens is 2. The first-order valence-electron chi connectivity index (χ1n) is 9.87. The summed E-state index contributed by atoms with van der Waals surface area (Å²) in [7, 11) is 6.00. The van der Waals surface area contributed by atoms with Crippen LogP contribution in [0.4, 0.5) is 5.69 Å². The summed E-state index contributed by atoms with van der Waals surface area (Å²) in [6.07, 6.45) is 4.51. The van der Waals surface area contributed by atoms with Crippen molar-refractivity contribution in [3.05, 3.63) is 61.8 Å². The van der Waals surface area contributed by atoms with E-state index in [1.54, 1.807) is 6.07 Å². The summed E-state index contributed by atoms with van der Waals surface area (Å²) in [5, 5.41) is 10.7. The number of halogens is 3. The SMILES string of the molecule is CC.CC1=C(n2nc(Br)cc2C(=O)Nc2c(Cl)cc(Cl)cc2C=O)NCC=C1.CN(C)C. The Morgan fingerprint density at radius 1 is 1.25 bits per heavy atom. The second kappa shape index (κ2) is 13.4. The molecule has 0 fully saturated rings. The summed E-state index contributed by atoms with van der Waals surface area (Å²) in [6.45, 7) is 6.54. The molecular weight excluding hydrogens is 517 g/mol. The predicted octanol–water partition coefficient (Wildman–Crippen LogP) is 5.57. The van der Waals surface area contributed by atoms with E-state index in [4.69, 9.17) is 23.2 Å². The number of anilines is 1. The first kappa shape index (κ1) is 27.9. The number of carbonyl (C=O) groups is 2. The fourth-order valence-electron chi connectivity index (χ4n) is 2.53. The molecule has 0 aliphatic carbocycles. The average molecular weight is 545 g/mol. The Balaban J connectivity index is 0.000000769. The topological polar surface area (TPSA) is 79.3 Å². The van der Waals surface area contributed by atoms with E-state index in [1.165, 1.54) is 16.8 Å². The summed E-state index contributed by atoms with van der Waals surface area (Å²) in [5.74, 6) is 0.230. The molecule has 0 spiro atoms. The number of nitrogens with zero attached hydrogens (tertiary/aromatic N) is 3. The number of rotatable bonds is 4. The summed E-state index contributed by atoms with van der Waals surface area (Å²) >= 11 is 15.3. The molecule has 1 amide bonds. The molecule has 174 valence electrons. The molecule has 0 radical (unpaired) electrons. The summed E-state index contributed by atoms with van der Waals surface area (Å²) in [5.41, 5.74) is 1.59. The number of dihydropyridines is 1. The maximum Gasteiger partial charge on any atom is 0.274 e. The van der Waals surface area contributed by atoms with Gasteiger partial charge in [0.05, 0.1) is 10.7 Å². The number of benzene rings is 1. The minimum atomic E-state index is -0.466. The third kappa shape index (κ3) is 7.78. The van der Waals surface area contributed by atoms with Crippen LogP contribution < -0.4 is 10.6 Å². The number of carbonyl (C=O) groups excluding carboxylic acids is 2. The van der Waals surface area contributed by atoms with E-state index in [2.05, 4.69) is 31.7 Å². The third-order valence-corrected chi connectivity index (χ3v) is 4.61. The zero-order chi connectivity index (χ0) is 24.4. The van der Waals surface area contributed by atoms with Gasteiger partial charge in [0, 0.05) is 23.2 Å². The lowest BCUT2D eigenvalue weighted by atomic mass is 10.2. The number of hydrogen-bond acceptors (Lipinski definition) is 5. The van der Waals surface area contributed by atoms with Crippen molar-refractivity contribution in [3.63, 3.8) is 0 Å². The van der Waals surface area contributed by atoms with Crippen LogP contribution in [0.3, 0.4) is 0 Å². The fourth-order valence-corrected chi connectivity index (χ4v) is 3.46. The van der Waals surface area contributed by atoms with Gasteiger partial charge in [-0.1, -0.05) is 49.2 Å². The van der Waals surface area contributed by atoms with Crippen LogP contribution in [0.15, 0.2) is 40.5 Å². The molecule has 1 aliphatic heterocycles. The van der Waals surface area contributed by atoms with Crippen molar-refractivity contribution >= 4 is 62.8 Å². The van der Waals surface area contributed by atoms with E-state index < -0.39 is 5.91 Å². The maximum absolute atomic E-state index is 12.8. The average Bonchev–Trinajstić information content (AvgIpc) is 3.12. The second-order valence-electron chi connectivity index (χ2n) is 6.84. The quantitative estimate of drug-likeness (QED) is 0.492. The molecular formula is C22H28BrCl2N5O2. The monoisotopic (exact) mass is 543 g/mol. The maximum atomic E-state index is 12.8. The standard InChI is InChI=1S/C17H13BrCl2N4O2.C3H9N.C2H6/c1-9-3-2-4-21-16(9)24-13(7-14(18)23-24)17(26)22-15-10(8-25)5-11(19)6-12(15)20;1-4(2)3;1-2/h2-3,5-8,21H,4H2,1H3,(H,22,26);1-3H3;1-2H3. The Morgan fingerprint density at radius 2 is 1.88 bits per heavy atom. The summed E-state index contributed by atoms with van der Waals surface area (Å²) in [6, 6.07) is 4.47. The van der Waals surface area contributed by atoms with Crippen LogP contribution in [-0.4, -0.2) is 54.6 Å². The van der Waals surface area contributed by atoms with E-state index in [1.807, 2.05) is 59.0 Å². The van der Waals surface area contributed by atoms with Gasteiger partial charge in [0.2, 0.25) is 0 Å². The van der Waals surface area contributed by atoms with Gasteiger partial charge in [-0.15, -0.1) is 0 Å². The number of nitrogens with one attached hydrogen (secondary N) is 2. The van der Waals surface area contributed by atoms with Gasteiger partial charge in [0.1, 0.15) is 16.1 Å². The Morgan fingerprint density at radius 3 is 2.44 bits per heavy atom. The smallest absolute Gasteiger partial charge is 0.274 e. The molecule has 1 aromatic heterocycles. The Kier molecular flexibility index (Phi) is 11.7.